The van der Waals surface area contributed by atoms with E-state index in [9.17, 15) is 9.90 Å². The number of carbonyl (C=O) groups excluding carboxylic acids is 1. The van der Waals surface area contributed by atoms with E-state index in [1.165, 1.54) is 18.4 Å². The van der Waals surface area contributed by atoms with Gasteiger partial charge in [0, 0.05) is 5.69 Å². The summed E-state index contributed by atoms with van der Waals surface area (Å²) in [7, 11) is 0. The van der Waals surface area contributed by atoms with Crippen LogP contribution in [-0.4, -0.2) is 16.0 Å². The van der Waals surface area contributed by atoms with Gasteiger partial charge in [-0.3, -0.25) is 4.79 Å². The molecule has 0 bridgehead atoms. The first-order valence-corrected chi connectivity index (χ1v) is 5.21. The molecule has 2 rings (SSSR count). The van der Waals surface area contributed by atoms with E-state index in [-0.39, 0.29) is 21.5 Å². The number of nitrogens with one attached hydrogen (secondary N) is 1. The fourth-order valence-corrected chi connectivity index (χ4v) is 1.64. The summed E-state index contributed by atoms with van der Waals surface area (Å²) in [6.07, 6.45) is 2.35. The normalized spacial score (nSPS) is 10.2. The third-order valence-electron chi connectivity index (χ3n) is 1.94. The number of amides is 1. The Hall–Kier alpha value is -1.72. The van der Waals surface area contributed by atoms with Gasteiger partial charge in [-0.25, -0.2) is 4.98 Å². The second-order valence-corrected chi connectivity index (χ2v) is 3.93. The maximum atomic E-state index is 11.6. The van der Waals surface area contributed by atoms with Gasteiger partial charge >= 0.3 is 0 Å². The highest BCUT2D eigenvalue weighted by molar-refractivity contribution is 6.37. The highest BCUT2D eigenvalue weighted by atomic mass is 35.5. The quantitative estimate of drug-likeness (QED) is 0.825. The summed E-state index contributed by atoms with van der Waals surface area (Å²) in [4.78, 5) is 15.3. The summed E-state index contributed by atoms with van der Waals surface area (Å²) >= 11 is 11.4. The summed E-state index contributed by atoms with van der Waals surface area (Å²) in [6, 6.07) is 2.75. The van der Waals surface area contributed by atoms with E-state index in [1.54, 1.807) is 0 Å². The molecule has 0 radical (unpaired) electrons. The molecule has 0 atom stereocenters. The van der Waals surface area contributed by atoms with E-state index in [0.29, 0.717) is 5.69 Å². The molecule has 0 saturated carbocycles. The number of hydrogen-bond donors (Lipinski definition) is 2. The van der Waals surface area contributed by atoms with Crippen LogP contribution in [-0.2, 0) is 0 Å². The lowest BCUT2D eigenvalue weighted by atomic mass is 10.3. The van der Waals surface area contributed by atoms with Crippen LogP contribution in [0.3, 0.4) is 0 Å². The van der Waals surface area contributed by atoms with Crippen LogP contribution in [0, 0.1) is 0 Å². The van der Waals surface area contributed by atoms with Crippen LogP contribution in [0.4, 0.5) is 5.69 Å². The van der Waals surface area contributed by atoms with Crippen molar-refractivity contribution in [3.63, 3.8) is 0 Å². The number of hydrogen-bond acceptors (Lipinski definition) is 4. The molecule has 2 N–H and O–H groups in total. The summed E-state index contributed by atoms with van der Waals surface area (Å²) in [5.74, 6) is -0.690. The first kappa shape index (κ1) is 11.8. The third-order valence-corrected chi connectivity index (χ3v) is 2.52. The minimum absolute atomic E-state index is 0.0490. The molecule has 5 nitrogen and oxygen atoms in total. The van der Waals surface area contributed by atoms with Gasteiger partial charge in [0.25, 0.3) is 5.91 Å². The van der Waals surface area contributed by atoms with E-state index in [4.69, 9.17) is 23.2 Å². The number of phenolic OH excluding ortho intramolecular Hbond substituents is 1. The Bertz CT molecular complexity index is 532. The highest BCUT2D eigenvalue weighted by Gasteiger charge is 2.12. The van der Waals surface area contributed by atoms with Crippen LogP contribution in [0.15, 0.2) is 29.2 Å². The molecule has 88 valence electrons. The van der Waals surface area contributed by atoms with Crippen molar-refractivity contribution in [2.75, 3.05) is 5.32 Å². The van der Waals surface area contributed by atoms with Crippen LogP contribution in [0.5, 0.6) is 5.75 Å². The third kappa shape index (κ3) is 2.51. The second-order valence-electron chi connectivity index (χ2n) is 3.12. The Balaban J connectivity index is 2.22. The molecule has 0 unspecified atom stereocenters. The first-order valence-electron chi connectivity index (χ1n) is 4.45. The van der Waals surface area contributed by atoms with Crippen LogP contribution >= 0.6 is 23.2 Å². The molecule has 2 aromatic rings. The summed E-state index contributed by atoms with van der Waals surface area (Å²) < 4.78 is 4.68. The van der Waals surface area contributed by atoms with Gasteiger partial charge in [0.05, 0.1) is 10.0 Å². The molecule has 1 aromatic heterocycles. The highest BCUT2D eigenvalue weighted by Crippen LogP contribution is 2.34. The number of oxazole rings is 1. The van der Waals surface area contributed by atoms with Crippen molar-refractivity contribution in [3.8, 4) is 5.75 Å². The number of nitrogens with zero attached hydrogens (tertiary/aromatic N) is 1. The van der Waals surface area contributed by atoms with Gasteiger partial charge in [-0.15, -0.1) is 0 Å². The Morgan fingerprint density at radius 2 is 2.00 bits per heavy atom. The zero-order valence-electron chi connectivity index (χ0n) is 8.28. The van der Waals surface area contributed by atoms with Crippen molar-refractivity contribution in [1.82, 2.24) is 4.98 Å². The molecule has 1 aromatic carbocycles. The van der Waals surface area contributed by atoms with E-state index in [2.05, 4.69) is 14.7 Å². The van der Waals surface area contributed by atoms with Crippen molar-refractivity contribution in [2.24, 2.45) is 0 Å². The fraction of sp³-hybridized carbons (Fsp3) is 0. The molecule has 7 heteroatoms. The van der Waals surface area contributed by atoms with Gasteiger partial charge in [-0.05, 0) is 12.1 Å². The number of benzene rings is 1. The van der Waals surface area contributed by atoms with Crippen molar-refractivity contribution in [3.05, 3.63) is 40.5 Å². The molecular weight excluding hydrogens is 267 g/mol. The summed E-state index contributed by atoms with van der Waals surface area (Å²) in [6.45, 7) is 0. The Morgan fingerprint density at radius 3 is 2.53 bits per heavy atom. The molecule has 0 spiro atoms. The van der Waals surface area contributed by atoms with Gasteiger partial charge in [0.1, 0.15) is 6.26 Å². The monoisotopic (exact) mass is 272 g/mol. The van der Waals surface area contributed by atoms with Crippen molar-refractivity contribution >= 4 is 34.8 Å². The van der Waals surface area contributed by atoms with Crippen LogP contribution in [0.1, 0.15) is 10.5 Å². The zero-order valence-corrected chi connectivity index (χ0v) is 9.79. The second kappa shape index (κ2) is 4.65. The molecule has 0 fully saturated rings. The minimum Gasteiger partial charge on any atom is -0.505 e. The topological polar surface area (TPSA) is 75.4 Å². The lowest BCUT2D eigenvalue weighted by Gasteiger charge is -2.06. The Labute approximate surface area is 106 Å². The molecule has 1 heterocycles. The smallest absolute Gasteiger partial charge is 0.277 e. The number of halogens is 2. The molecule has 0 saturated heterocycles. The minimum atomic E-state index is -0.462. The summed E-state index contributed by atoms with van der Waals surface area (Å²) in [5.41, 5.74) is 0.483. The van der Waals surface area contributed by atoms with E-state index >= 15 is 0 Å². The summed E-state index contributed by atoms with van der Waals surface area (Å²) in [5, 5.41) is 12.0. The fourth-order valence-electron chi connectivity index (χ4n) is 1.16. The van der Waals surface area contributed by atoms with E-state index in [0.717, 1.165) is 6.39 Å². The first-order chi connectivity index (χ1) is 8.08. The van der Waals surface area contributed by atoms with Crippen LogP contribution < -0.4 is 5.32 Å². The van der Waals surface area contributed by atoms with E-state index in [1.807, 2.05) is 0 Å². The SMILES string of the molecule is O=C(Nc1cc(Cl)c(O)c(Cl)c1)c1cocn1. The number of carbonyl (C=O) groups is 1. The van der Waals surface area contributed by atoms with Gasteiger partial charge in [0.2, 0.25) is 0 Å². The number of phenols is 1. The molecule has 0 aliphatic carbocycles. The van der Waals surface area contributed by atoms with Crippen molar-refractivity contribution in [1.29, 1.82) is 0 Å². The van der Waals surface area contributed by atoms with E-state index < -0.39 is 5.91 Å². The number of rotatable bonds is 2. The molecule has 0 aliphatic heterocycles. The molecular formula is C10H6Cl2N2O3. The maximum absolute atomic E-state index is 11.6. The standard InChI is InChI=1S/C10H6Cl2N2O3/c11-6-1-5(2-7(12)9(6)15)14-10(16)8-3-17-4-13-8/h1-4,15H,(H,14,16). The Morgan fingerprint density at radius 1 is 1.35 bits per heavy atom. The van der Waals surface area contributed by atoms with Crippen LogP contribution in [0.2, 0.25) is 10.0 Å². The van der Waals surface area contributed by atoms with Gasteiger partial charge in [-0.1, -0.05) is 23.2 Å². The number of anilines is 1. The lowest BCUT2D eigenvalue weighted by molar-refractivity contribution is 0.102. The largest absolute Gasteiger partial charge is 0.505 e. The van der Waals surface area contributed by atoms with Crippen molar-refractivity contribution < 1.29 is 14.3 Å². The zero-order chi connectivity index (χ0) is 12.4. The lowest BCUT2D eigenvalue weighted by Crippen LogP contribution is -2.12. The number of aromatic hydroxyl groups is 1. The van der Waals surface area contributed by atoms with Crippen LogP contribution in [0.25, 0.3) is 0 Å². The van der Waals surface area contributed by atoms with Crippen molar-refractivity contribution in [2.45, 2.75) is 0 Å². The molecule has 0 aliphatic rings. The predicted molar refractivity (Wildman–Crippen MR) is 62.6 cm³/mol. The number of aromatic nitrogens is 1. The predicted octanol–water partition coefficient (Wildman–Crippen LogP) is 2.94. The molecule has 1 amide bonds. The Kier molecular flexibility index (Phi) is 3.21. The average Bonchev–Trinajstić information content (AvgIpc) is 2.79. The average molecular weight is 273 g/mol. The maximum Gasteiger partial charge on any atom is 0.277 e. The van der Waals surface area contributed by atoms with Gasteiger partial charge in [-0.2, -0.15) is 0 Å². The van der Waals surface area contributed by atoms with Gasteiger partial charge in [0.15, 0.2) is 17.8 Å². The van der Waals surface area contributed by atoms with Gasteiger partial charge < -0.3 is 14.8 Å². The molecule has 17 heavy (non-hydrogen) atoms.